The number of sulfonamides is 1. The van der Waals surface area contributed by atoms with Gasteiger partial charge in [-0.3, -0.25) is 14.8 Å². The molecule has 0 bridgehead atoms. The first kappa shape index (κ1) is 16.2. The zero-order valence-electron chi connectivity index (χ0n) is 11.1. The van der Waals surface area contributed by atoms with Crippen LogP contribution in [0.15, 0.2) is 18.2 Å². The Kier molecular flexibility index (Phi) is 5.28. The van der Waals surface area contributed by atoms with Crippen LogP contribution >= 0.6 is 0 Å². The average molecular weight is 304 g/mol. The van der Waals surface area contributed by atoms with Gasteiger partial charge in [-0.1, -0.05) is 6.92 Å². The quantitative estimate of drug-likeness (QED) is 0.447. The van der Waals surface area contributed by atoms with Crippen molar-refractivity contribution >= 4 is 21.4 Å². The van der Waals surface area contributed by atoms with E-state index >= 15 is 0 Å². The Bertz CT molecular complexity index is 583. The first-order valence-corrected chi connectivity index (χ1v) is 7.45. The predicted octanol–water partition coefficient (Wildman–Crippen LogP) is 1.47. The van der Waals surface area contributed by atoms with Gasteiger partial charge in [0.2, 0.25) is 10.0 Å². The maximum atomic E-state index is 11.9. The Morgan fingerprint density at radius 2 is 2.15 bits per heavy atom. The van der Waals surface area contributed by atoms with Crippen molar-refractivity contribution in [3.63, 3.8) is 0 Å². The number of hydrogen-bond acceptors (Lipinski definition) is 6. The topological polar surface area (TPSA) is 119 Å². The lowest BCUT2D eigenvalue weighted by molar-refractivity contribution is -0.385. The lowest BCUT2D eigenvalue weighted by atomic mass is 10.2. The minimum absolute atomic E-state index is 0.0143. The molecule has 1 unspecified atom stereocenters. The summed E-state index contributed by atoms with van der Waals surface area (Å²) < 4.78 is 30.9. The van der Waals surface area contributed by atoms with Crippen molar-refractivity contribution in [3.05, 3.63) is 28.3 Å². The molecular weight excluding hydrogens is 288 g/mol. The number of benzene rings is 1. The number of phenols is 1. The van der Waals surface area contributed by atoms with Crippen LogP contribution in [-0.2, 0) is 14.8 Å². The fourth-order valence-corrected chi connectivity index (χ4v) is 2.98. The van der Waals surface area contributed by atoms with Crippen molar-refractivity contribution in [3.8, 4) is 5.75 Å². The molecule has 9 heteroatoms. The van der Waals surface area contributed by atoms with Gasteiger partial charge >= 0.3 is 5.69 Å². The normalized spacial score (nSPS) is 12.9. The standard InChI is InChI=1S/C11H16N2O6S/c1-3-9(19-2)7-20(17,18)12-8-4-5-11(14)10(6-8)13(15)16/h4-6,9,12,14H,3,7H2,1-2H3. The van der Waals surface area contributed by atoms with Crippen molar-refractivity contribution in [2.45, 2.75) is 19.4 Å². The highest BCUT2D eigenvalue weighted by molar-refractivity contribution is 7.92. The van der Waals surface area contributed by atoms with Crippen LogP contribution in [0.4, 0.5) is 11.4 Å². The summed E-state index contributed by atoms with van der Waals surface area (Å²) in [4.78, 5) is 9.86. The maximum absolute atomic E-state index is 11.9. The lowest BCUT2D eigenvalue weighted by Crippen LogP contribution is -2.27. The molecule has 0 spiro atoms. The van der Waals surface area contributed by atoms with E-state index in [1.165, 1.54) is 13.2 Å². The van der Waals surface area contributed by atoms with E-state index in [1.54, 1.807) is 6.92 Å². The van der Waals surface area contributed by atoms with Crippen molar-refractivity contribution < 1.29 is 23.2 Å². The Morgan fingerprint density at radius 3 is 2.65 bits per heavy atom. The van der Waals surface area contributed by atoms with Crippen LogP contribution in [0.2, 0.25) is 0 Å². The van der Waals surface area contributed by atoms with Gasteiger partial charge in [0.1, 0.15) is 0 Å². The highest BCUT2D eigenvalue weighted by atomic mass is 32.2. The molecule has 1 rings (SSSR count). The number of aromatic hydroxyl groups is 1. The van der Waals surface area contributed by atoms with E-state index in [0.717, 1.165) is 12.1 Å². The van der Waals surface area contributed by atoms with Crippen molar-refractivity contribution in [2.75, 3.05) is 17.6 Å². The summed E-state index contributed by atoms with van der Waals surface area (Å²) >= 11 is 0. The lowest BCUT2D eigenvalue weighted by Gasteiger charge is -2.14. The molecule has 20 heavy (non-hydrogen) atoms. The number of anilines is 1. The van der Waals surface area contributed by atoms with E-state index in [0.29, 0.717) is 6.42 Å². The number of nitrogens with one attached hydrogen (secondary N) is 1. The molecule has 0 radical (unpaired) electrons. The third-order valence-corrected chi connectivity index (χ3v) is 4.00. The Balaban J connectivity index is 2.93. The smallest absolute Gasteiger partial charge is 0.312 e. The number of methoxy groups -OCH3 is 1. The minimum Gasteiger partial charge on any atom is -0.502 e. The van der Waals surface area contributed by atoms with E-state index in [4.69, 9.17) is 4.74 Å². The largest absolute Gasteiger partial charge is 0.502 e. The summed E-state index contributed by atoms with van der Waals surface area (Å²) in [6, 6.07) is 3.26. The van der Waals surface area contributed by atoms with Crippen LogP contribution in [0.1, 0.15) is 13.3 Å². The first-order chi connectivity index (χ1) is 9.29. The highest BCUT2D eigenvalue weighted by Gasteiger charge is 2.20. The van der Waals surface area contributed by atoms with Gasteiger partial charge in [0.25, 0.3) is 0 Å². The second-order valence-electron chi connectivity index (χ2n) is 4.11. The van der Waals surface area contributed by atoms with E-state index in [9.17, 15) is 23.6 Å². The first-order valence-electron chi connectivity index (χ1n) is 5.79. The van der Waals surface area contributed by atoms with E-state index < -0.39 is 32.5 Å². The van der Waals surface area contributed by atoms with Gasteiger partial charge in [0.15, 0.2) is 5.75 Å². The highest BCUT2D eigenvalue weighted by Crippen LogP contribution is 2.29. The summed E-state index contributed by atoms with van der Waals surface area (Å²) in [6.45, 7) is 1.79. The molecule has 0 aromatic heterocycles. The zero-order valence-corrected chi connectivity index (χ0v) is 11.9. The molecule has 0 aliphatic carbocycles. The molecule has 0 saturated carbocycles. The molecule has 8 nitrogen and oxygen atoms in total. The summed E-state index contributed by atoms with van der Waals surface area (Å²) in [7, 11) is -2.28. The maximum Gasteiger partial charge on any atom is 0.312 e. The second kappa shape index (κ2) is 6.53. The number of nitrogens with zero attached hydrogens (tertiary/aromatic N) is 1. The number of nitro benzene ring substituents is 1. The summed E-state index contributed by atoms with van der Waals surface area (Å²) in [5, 5.41) is 19.9. The number of phenolic OH excluding ortho intramolecular Hbond substituents is 1. The van der Waals surface area contributed by atoms with E-state index in [1.807, 2.05) is 0 Å². The zero-order chi connectivity index (χ0) is 15.3. The number of nitro groups is 1. The van der Waals surface area contributed by atoms with Crippen LogP contribution in [-0.4, -0.2) is 37.4 Å². The monoisotopic (exact) mass is 304 g/mol. The summed E-state index contributed by atoms with van der Waals surface area (Å²) in [6.07, 6.45) is 0.0623. The van der Waals surface area contributed by atoms with Crippen LogP contribution in [0.25, 0.3) is 0 Å². The summed E-state index contributed by atoms with van der Waals surface area (Å²) in [5.41, 5.74) is -0.551. The van der Waals surface area contributed by atoms with Gasteiger partial charge in [-0.15, -0.1) is 0 Å². The molecule has 1 aromatic rings. The number of hydrogen-bond donors (Lipinski definition) is 2. The van der Waals surface area contributed by atoms with Gasteiger partial charge in [-0.05, 0) is 18.6 Å². The van der Waals surface area contributed by atoms with Gasteiger partial charge in [-0.2, -0.15) is 0 Å². The average Bonchev–Trinajstić information content (AvgIpc) is 2.37. The third kappa shape index (κ3) is 4.35. The van der Waals surface area contributed by atoms with Crippen molar-refractivity contribution in [1.82, 2.24) is 0 Å². The molecule has 0 aliphatic heterocycles. The Labute approximate surface area is 116 Å². The molecule has 0 amide bonds. The molecule has 0 fully saturated rings. The van der Waals surface area contributed by atoms with Crippen molar-refractivity contribution in [1.29, 1.82) is 0 Å². The molecule has 1 atom stereocenters. The van der Waals surface area contributed by atoms with Crippen LogP contribution in [0.3, 0.4) is 0 Å². The van der Waals surface area contributed by atoms with E-state index in [-0.39, 0.29) is 11.4 Å². The van der Waals surface area contributed by atoms with Crippen LogP contribution < -0.4 is 4.72 Å². The Morgan fingerprint density at radius 1 is 1.50 bits per heavy atom. The molecule has 0 saturated heterocycles. The molecule has 1 aromatic carbocycles. The molecular formula is C11H16N2O6S. The minimum atomic E-state index is -3.69. The fraction of sp³-hybridized carbons (Fsp3) is 0.455. The van der Waals surface area contributed by atoms with Crippen LogP contribution in [0.5, 0.6) is 5.75 Å². The fourth-order valence-electron chi connectivity index (χ4n) is 1.55. The van der Waals surface area contributed by atoms with Crippen molar-refractivity contribution in [2.24, 2.45) is 0 Å². The second-order valence-corrected chi connectivity index (χ2v) is 5.88. The predicted molar refractivity (Wildman–Crippen MR) is 73.3 cm³/mol. The number of ether oxygens (including phenoxy) is 1. The van der Waals surface area contributed by atoms with E-state index in [2.05, 4.69) is 4.72 Å². The Hall–Kier alpha value is -1.87. The van der Waals surface area contributed by atoms with Gasteiger partial charge in [0, 0.05) is 13.2 Å². The molecule has 0 aliphatic rings. The molecule has 0 heterocycles. The van der Waals surface area contributed by atoms with Gasteiger partial charge < -0.3 is 9.84 Å². The van der Waals surface area contributed by atoms with Crippen LogP contribution in [0, 0.1) is 10.1 Å². The summed E-state index contributed by atoms with van der Waals surface area (Å²) in [5.74, 6) is -0.782. The molecule has 112 valence electrons. The van der Waals surface area contributed by atoms with Gasteiger partial charge in [-0.25, -0.2) is 8.42 Å². The number of rotatable bonds is 7. The SMILES string of the molecule is CCC(CS(=O)(=O)Nc1ccc(O)c([N+](=O)[O-])c1)OC. The third-order valence-electron chi connectivity index (χ3n) is 2.64. The molecule has 2 N–H and O–H groups in total. The van der Waals surface area contributed by atoms with Gasteiger partial charge in [0.05, 0.1) is 22.5 Å².